The van der Waals surface area contributed by atoms with Crippen molar-refractivity contribution in [3.63, 3.8) is 0 Å². The zero-order valence-corrected chi connectivity index (χ0v) is 46.6. The van der Waals surface area contributed by atoms with Gasteiger partial charge >= 0.3 is 19.8 Å². The SMILES string of the molecule is CCCCCCCC/C=C/CCCCCCCC(=O)OCC(COP(=O)(O)OCC[N+](C)(C)C)OC(=O)CSSC1CC[C@@]2(C)C(=CC[C@H]3[C@@H]4CC[C@H]([C@H](C)CCCC(C)C)[C@@]4(C)CC[C@@H]32)C1. The van der Waals surface area contributed by atoms with Crippen molar-refractivity contribution < 1.29 is 42.1 Å². The van der Waals surface area contributed by atoms with E-state index in [1.54, 1.807) is 16.4 Å². The van der Waals surface area contributed by atoms with E-state index in [1.807, 2.05) is 21.1 Å². The van der Waals surface area contributed by atoms with Crippen LogP contribution in [0.3, 0.4) is 0 Å². The van der Waals surface area contributed by atoms with E-state index in [9.17, 15) is 19.0 Å². The summed E-state index contributed by atoms with van der Waals surface area (Å²) in [6, 6.07) is 0. The molecule has 0 aromatic heterocycles. The molecule has 0 radical (unpaired) electrons. The van der Waals surface area contributed by atoms with Crippen molar-refractivity contribution in [2.45, 2.75) is 213 Å². The minimum absolute atomic E-state index is 0.0253. The summed E-state index contributed by atoms with van der Waals surface area (Å²) in [5, 5.41) is 0.436. The third kappa shape index (κ3) is 20.3. The number of carbonyl (C=O) groups excluding carboxylic acids is 2. The van der Waals surface area contributed by atoms with E-state index in [4.69, 9.17) is 18.5 Å². The first-order valence-corrected chi connectivity index (χ1v) is 31.1. The zero-order chi connectivity index (χ0) is 48.9. The molecule has 4 rings (SSSR count). The molecule has 4 aliphatic rings. The predicted molar refractivity (Wildman–Crippen MR) is 282 cm³/mol. The summed E-state index contributed by atoms with van der Waals surface area (Å²) < 4.78 is 35.0. The van der Waals surface area contributed by atoms with Crippen LogP contribution in [0.4, 0.5) is 0 Å². The number of allylic oxidation sites excluding steroid dienone is 4. The molecule has 0 saturated heterocycles. The van der Waals surface area contributed by atoms with Gasteiger partial charge in [-0.2, -0.15) is 0 Å². The Morgan fingerprint density at radius 1 is 0.836 bits per heavy atom. The van der Waals surface area contributed by atoms with E-state index in [1.165, 1.54) is 114 Å². The molecule has 9 nitrogen and oxygen atoms in total. The van der Waals surface area contributed by atoms with Crippen LogP contribution in [0, 0.1) is 46.3 Å². The van der Waals surface area contributed by atoms with Crippen LogP contribution in [0.15, 0.2) is 23.8 Å². The van der Waals surface area contributed by atoms with Gasteiger partial charge in [-0.15, -0.1) is 0 Å². The van der Waals surface area contributed by atoms with Crippen molar-refractivity contribution in [1.29, 1.82) is 0 Å². The minimum atomic E-state index is -4.42. The number of hydrogen-bond donors (Lipinski definition) is 1. The molecule has 0 spiro atoms. The van der Waals surface area contributed by atoms with E-state index < -0.39 is 26.5 Å². The van der Waals surface area contributed by atoms with Gasteiger partial charge in [-0.3, -0.25) is 18.6 Å². The number of carbonyl (C=O) groups is 2. The summed E-state index contributed by atoms with van der Waals surface area (Å²) in [5.41, 5.74) is 2.42. The molecule has 0 aromatic carbocycles. The summed E-state index contributed by atoms with van der Waals surface area (Å²) in [7, 11) is 4.76. The molecule has 0 heterocycles. The number of esters is 2. The van der Waals surface area contributed by atoms with Crippen molar-refractivity contribution >= 4 is 41.3 Å². The summed E-state index contributed by atoms with van der Waals surface area (Å²) in [4.78, 5) is 36.4. The molecule has 1 N–H and O–H groups in total. The minimum Gasteiger partial charge on any atom is -0.462 e. The molecule has 3 fully saturated rings. The number of hydrogen-bond acceptors (Lipinski definition) is 9. The molecule has 3 unspecified atom stereocenters. The fourth-order valence-electron chi connectivity index (χ4n) is 12.5. The Balaban J connectivity index is 1.19. The fourth-order valence-corrected chi connectivity index (χ4v) is 15.7. The Bertz CT molecular complexity index is 1570. The Labute approximate surface area is 418 Å². The highest BCUT2D eigenvalue weighted by molar-refractivity contribution is 8.77. The maximum absolute atomic E-state index is 13.2. The quantitative estimate of drug-likeness (QED) is 0.0167. The maximum Gasteiger partial charge on any atom is 0.472 e. The highest BCUT2D eigenvalue weighted by Crippen LogP contribution is 2.68. The monoisotopic (exact) mass is 997 g/mol. The molecule has 0 aliphatic heterocycles. The number of likely N-dealkylation sites (N-methyl/N-ethyl adjacent to an activating group) is 1. The van der Waals surface area contributed by atoms with E-state index in [-0.39, 0.29) is 36.8 Å². The van der Waals surface area contributed by atoms with Crippen molar-refractivity contribution in [1.82, 2.24) is 0 Å². The van der Waals surface area contributed by atoms with Gasteiger partial charge in [-0.1, -0.05) is 158 Å². The first-order chi connectivity index (χ1) is 31.9. The van der Waals surface area contributed by atoms with E-state index >= 15 is 0 Å². The smallest absolute Gasteiger partial charge is 0.462 e. The summed E-state index contributed by atoms with van der Waals surface area (Å²) in [6.07, 6.45) is 36.2. The number of rotatable bonds is 34. The van der Waals surface area contributed by atoms with Crippen LogP contribution >= 0.6 is 29.4 Å². The normalized spacial score (nSPS) is 28.0. The van der Waals surface area contributed by atoms with Gasteiger partial charge in [-0.05, 0) is 130 Å². The molecule has 0 aromatic rings. The lowest BCUT2D eigenvalue weighted by atomic mass is 9.47. The standard InChI is InChI=1S/C55H98NO8PS2/c1-10-11-12-13-14-15-16-17-18-19-20-21-22-23-24-28-52(57)61-40-46(41-63-65(59,60)62-38-37-56(7,8)9)64-53(58)42-66-67-47-33-35-54(5)45(39-47)29-30-48-50-32-31-49(44(4)27-25-26-43(2)3)55(50,6)36-34-51(48)54/h17-18,29,43-44,46-51H,10-16,19-28,30-42H2,1-9H3/p+1/b18-17+/t44-,46?,47?,48+,49-,50+,51+,54+,55-/m1/s1. The van der Waals surface area contributed by atoms with Gasteiger partial charge in [0.15, 0.2) is 6.10 Å². The number of fused-ring (bicyclic) bond motifs is 5. The number of phosphoric acid groups is 1. The first kappa shape index (κ1) is 58.8. The number of quaternary nitrogens is 1. The van der Waals surface area contributed by atoms with Crippen LogP contribution in [-0.4, -0.2) is 85.9 Å². The van der Waals surface area contributed by atoms with E-state index in [0.717, 1.165) is 86.9 Å². The molecule has 388 valence electrons. The van der Waals surface area contributed by atoms with E-state index in [0.29, 0.717) is 21.7 Å². The second-order valence-corrected chi connectivity index (χ2v) is 27.4. The van der Waals surface area contributed by atoms with Crippen molar-refractivity contribution in [3.05, 3.63) is 23.8 Å². The van der Waals surface area contributed by atoms with Gasteiger partial charge < -0.3 is 18.9 Å². The Hall–Kier alpha value is -0.810. The van der Waals surface area contributed by atoms with Gasteiger partial charge in [0.05, 0.1) is 27.7 Å². The second-order valence-electron chi connectivity index (χ2n) is 23.3. The van der Waals surface area contributed by atoms with Crippen LogP contribution in [-0.2, 0) is 32.7 Å². The zero-order valence-electron chi connectivity index (χ0n) is 44.1. The summed E-state index contributed by atoms with van der Waals surface area (Å²) in [6.45, 7) is 14.7. The third-order valence-corrected chi connectivity index (χ3v) is 20.2. The molecule has 12 heteroatoms. The number of unbranched alkanes of at least 4 members (excludes halogenated alkanes) is 11. The van der Waals surface area contributed by atoms with Crippen molar-refractivity contribution in [2.24, 2.45) is 46.3 Å². The predicted octanol–water partition coefficient (Wildman–Crippen LogP) is 15.1. The van der Waals surface area contributed by atoms with E-state index in [2.05, 4.69) is 59.8 Å². The van der Waals surface area contributed by atoms with Gasteiger partial charge in [0.1, 0.15) is 25.5 Å². The Kier molecular flexibility index (Phi) is 26.0. The molecule has 4 aliphatic carbocycles. The van der Waals surface area contributed by atoms with Crippen LogP contribution in [0.5, 0.6) is 0 Å². The second kappa shape index (κ2) is 29.6. The maximum atomic E-state index is 13.2. The number of ether oxygens (including phenoxy) is 2. The van der Waals surface area contributed by atoms with Crippen LogP contribution in [0.1, 0.15) is 202 Å². The number of phosphoric ester groups is 1. The van der Waals surface area contributed by atoms with Gasteiger partial charge in [0.25, 0.3) is 0 Å². The fraction of sp³-hybridized carbons (Fsp3) is 0.891. The van der Waals surface area contributed by atoms with Crippen molar-refractivity contribution in [2.75, 3.05) is 53.3 Å². The topological polar surface area (TPSA) is 108 Å². The Morgan fingerprint density at radius 2 is 1.52 bits per heavy atom. The number of nitrogens with zero attached hydrogens (tertiary/aromatic N) is 1. The van der Waals surface area contributed by atoms with Crippen LogP contribution in [0.25, 0.3) is 0 Å². The average molecular weight is 998 g/mol. The molecule has 3 saturated carbocycles. The van der Waals surface area contributed by atoms with Gasteiger partial charge in [-0.25, -0.2) is 4.57 Å². The third-order valence-electron chi connectivity index (χ3n) is 16.5. The Morgan fingerprint density at radius 3 is 2.21 bits per heavy atom. The average Bonchev–Trinajstić information content (AvgIpc) is 3.62. The highest BCUT2D eigenvalue weighted by atomic mass is 33.1. The first-order valence-electron chi connectivity index (χ1n) is 27.3. The lowest BCUT2D eigenvalue weighted by Gasteiger charge is -2.58. The summed E-state index contributed by atoms with van der Waals surface area (Å²) >= 11 is 0. The molecule has 10 atom stereocenters. The molecular weight excluding hydrogens is 898 g/mol. The van der Waals surface area contributed by atoms with Gasteiger partial charge in [0.2, 0.25) is 0 Å². The lowest BCUT2D eigenvalue weighted by Crippen LogP contribution is -2.50. The molecular formula is C55H99NO8PS2+. The van der Waals surface area contributed by atoms with Crippen LogP contribution in [0.2, 0.25) is 0 Å². The lowest BCUT2D eigenvalue weighted by molar-refractivity contribution is -0.870. The largest absolute Gasteiger partial charge is 0.472 e. The summed E-state index contributed by atoms with van der Waals surface area (Å²) in [5.74, 6) is 4.22. The van der Waals surface area contributed by atoms with Crippen LogP contribution < -0.4 is 0 Å². The van der Waals surface area contributed by atoms with Crippen molar-refractivity contribution in [3.8, 4) is 0 Å². The highest BCUT2D eigenvalue weighted by Gasteiger charge is 2.59. The van der Waals surface area contributed by atoms with Gasteiger partial charge in [0, 0.05) is 11.7 Å². The molecule has 0 amide bonds. The molecule has 67 heavy (non-hydrogen) atoms. The molecule has 0 bridgehead atoms.